The number of rotatable bonds is 5. The zero-order valence-corrected chi connectivity index (χ0v) is 12.1. The van der Waals surface area contributed by atoms with E-state index in [1.54, 1.807) is 12.1 Å². The molecule has 0 radical (unpaired) electrons. The van der Waals surface area contributed by atoms with Crippen LogP contribution in [0.1, 0.15) is 17.0 Å². The number of ether oxygens (including phenoxy) is 2. The van der Waals surface area contributed by atoms with Gasteiger partial charge in [-0.25, -0.2) is 0 Å². The standard InChI is InChI=1S/C15H22N2O4/c18-15(14-2-1-6-21-14)16-10-13(12-3-7-20-11-12)17-4-8-19-9-5-17/h1-2,6,12-13H,3-5,7-11H2,(H,16,18)/t12-,13-/m1/s1. The number of morpholine rings is 1. The summed E-state index contributed by atoms with van der Waals surface area (Å²) in [6, 6.07) is 3.70. The zero-order chi connectivity index (χ0) is 14.5. The number of carbonyl (C=O) groups is 1. The van der Waals surface area contributed by atoms with Crippen molar-refractivity contribution < 1.29 is 18.7 Å². The van der Waals surface area contributed by atoms with Crippen LogP contribution in [0, 0.1) is 5.92 Å². The summed E-state index contributed by atoms with van der Waals surface area (Å²) in [5, 5.41) is 2.99. The third-order valence-electron chi connectivity index (χ3n) is 4.24. The number of furan rings is 1. The minimum absolute atomic E-state index is 0.155. The van der Waals surface area contributed by atoms with Crippen molar-refractivity contribution in [2.75, 3.05) is 46.1 Å². The predicted molar refractivity (Wildman–Crippen MR) is 76.1 cm³/mol. The molecule has 1 N–H and O–H groups in total. The van der Waals surface area contributed by atoms with Crippen LogP contribution in [0.3, 0.4) is 0 Å². The first-order chi connectivity index (χ1) is 10.3. The van der Waals surface area contributed by atoms with E-state index < -0.39 is 0 Å². The summed E-state index contributed by atoms with van der Waals surface area (Å²) in [6.45, 7) is 5.56. The van der Waals surface area contributed by atoms with Crippen molar-refractivity contribution in [3.8, 4) is 0 Å². The summed E-state index contributed by atoms with van der Waals surface area (Å²) in [5.74, 6) is 0.676. The molecule has 3 heterocycles. The Morgan fingerprint density at radius 2 is 2.19 bits per heavy atom. The lowest BCUT2D eigenvalue weighted by atomic mass is 9.97. The van der Waals surface area contributed by atoms with Crippen molar-refractivity contribution in [1.82, 2.24) is 10.2 Å². The fraction of sp³-hybridized carbons (Fsp3) is 0.667. The molecule has 2 aliphatic heterocycles. The van der Waals surface area contributed by atoms with Gasteiger partial charge in [0.15, 0.2) is 5.76 Å². The average molecular weight is 294 g/mol. The van der Waals surface area contributed by atoms with Gasteiger partial charge >= 0.3 is 0 Å². The van der Waals surface area contributed by atoms with Gasteiger partial charge in [-0.05, 0) is 18.6 Å². The highest BCUT2D eigenvalue weighted by atomic mass is 16.5. The molecule has 0 aromatic carbocycles. The van der Waals surface area contributed by atoms with E-state index in [2.05, 4.69) is 10.2 Å². The maximum Gasteiger partial charge on any atom is 0.287 e. The van der Waals surface area contributed by atoms with Gasteiger partial charge in [0.2, 0.25) is 0 Å². The molecule has 1 aromatic heterocycles. The maximum absolute atomic E-state index is 12.0. The van der Waals surface area contributed by atoms with Crippen LogP contribution in [-0.4, -0.2) is 62.9 Å². The summed E-state index contributed by atoms with van der Waals surface area (Å²) in [7, 11) is 0. The van der Waals surface area contributed by atoms with Crippen molar-refractivity contribution in [2.45, 2.75) is 12.5 Å². The minimum Gasteiger partial charge on any atom is -0.459 e. The Bertz CT molecular complexity index is 437. The topological polar surface area (TPSA) is 63.9 Å². The minimum atomic E-state index is -0.155. The van der Waals surface area contributed by atoms with Gasteiger partial charge in [0.25, 0.3) is 5.91 Å². The summed E-state index contributed by atoms with van der Waals surface area (Å²) in [5.41, 5.74) is 0. The molecule has 1 aromatic rings. The fourth-order valence-corrected chi connectivity index (χ4v) is 3.05. The number of nitrogens with zero attached hydrogens (tertiary/aromatic N) is 1. The number of nitrogens with one attached hydrogen (secondary N) is 1. The Labute approximate surface area is 124 Å². The van der Waals surface area contributed by atoms with Gasteiger partial charge in [-0.1, -0.05) is 0 Å². The number of hydrogen-bond donors (Lipinski definition) is 1. The lowest BCUT2D eigenvalue weighted by Crippen LogP contribution is -2.52. The third kappa shape index (κ3) is 3.64. The van der Waals surface area contributed by atoms with Crippen LogP contribution < -0.4 is 5.32 Å². The molecule has 3 rings (SSSR count). The molecule has 2 atom stereocenters. The smallest absolute Gasteiger partial charge is 0.287 e. The van der Waals surface area contributed by atoms with Gasteiger partial charge in [0.1, 0.15) is 0 Å². The summed E-state index contributed by atoms with van der Waals surface area (Å²) in [6.07, 6.45) is 2.57. The quantitative estimate of drug-likeness (QED) is 0.868. The second-order valence-corrected chi connectivity index (χ2v) is 5.53. The maximum atomic E-state index is 12.0. The zero-order valence-electron chi connectivity index (χ0n) is 12.1. The molecule has 2 saturated heterocycles. The van der Waals surface area contributed by atoms with Crippen molar-refractivity contribution in [1.29, 1.82) is 0 Å². The number of amides is 1. The molecule has 0 bridgehead atoms. The second-order valence-electron chi connectivity index (χ2n) is 5.53. The predicted octanol–water partition coefficient (Wildman–Crippen LogP) is 0.747. The first-order valence-corrected chi connectivity index (χ1v) is 7.56. The lowest BCUT2D eigenvalue weighted by Gasteiger charge is -2.37. The van der Waals surface area contributed by atoms with Crippen LogP contribution in [0.15, 0.2) is 22.8 Å². The van der Waals surface area contributed by atoms with E-state index in [4.69, 9.17) is 13.9 Å². The van der Waals surface area contributed by atoms with Gasteiger partial charge in [-0.3, -0.25) is 9.69 Å². The van der Waals surface area contributed by atoms with Gasteiger partial charge in [-0.2, -0.15) is 0 Å². The van der Waals surface area contributed by atoms with E-state index in [0.717, 1.165) is 45.9 Å². The van der Waals surface area contributed by atoms with E-state index in [0.29, 0.717) is 24.3 Å². The van der Waals surface area contributed by atoms with Gasteiger partial charge < -0.3 is 19.2 Å². The van der Waals surface area contributed by atoms with Crippen molar-refractivity contribution in [3.05, 3.63) is 24.2 Å². The molecule has 116 valence electrons. The molecule has 0 aliphatic carbocycles. The Morgan fingerprint density at radius 3 is 2.86 bits per heavy atom. The first-order valence-electron chi connectivity index (χ1n) is 7.56. The Kier molecular flexibility index (Phi) is 4.90. The lowest BCUT2D eigenvalue weighted by molar-refractivity contribution is 0.00160. The Morgan fingerprint density at radius 1 is 1.33 bits per heavy atom. The molecule has 21 heavy (non-hydrogen) atoms. The number of hydrogen-bond acceptors (Lipinski definition) is 5. The van der Waals surface area contributed by atoms with Gasteiger partial charge in [0, 0.05) is 38.2 Å². The summed E-state index contributed by atoms with van der Waals surface area (Å²) in [4.78, 5) is 14.4. The van der Waals surface area contributed by atoms with E-state index in [1.165, 1.54) is 6.26 Å². The molecule has 0 spiro atoms. The van der Waals surface area contributed by atoms with E-state index in [9.17, 15) is 4.79 Å². The van der Waals surface area contributed by atoms with Crippen LogP contribution in [0.25, 0.3) is 0 Å². The van der Waals surface area contributed by atoms with E-state index >= 15 is 0 Å². The largest absolute Gasteiger partial charge is 0.459 e. The molecule has 0 unspecified atom stereocenters. The fourth-order valence-electron chi connectivity index (χ4n) is 3.05. The monoisotopic (exact) mass is 294 g/mol. The van der Waals surface area contributed by atoms with Crippen LogP contribution in [0.4, 0.5) is 0 Å². The summed E-state index contributed by atoms with van der Waals surface area (Å²) >= 11 is 0. The SMILES string of the molecule is O=C(NC[C@H]([C@@H]1CCOC1)N1CCOCC1)c1ccco1. The molecule has 2 fully saturated rings. The molecule has 2 aliphatic rings. The normalized spacial score (nSPS) is 24.9. The van der Waals surface area contributed by atoms with Crippen LogP contribution in [0.2, 0.25) is 0 Å². The molecule has 6 heteroatoms. The second kappa shape index (κ2) is 7.06. The highest BCUT2D eigenvalue weighted by molar-refractivity contribution is 5.91. The first kappa shape index (κ1) is 14.6. The highest BCUT2D eigenvalue weighted by Crippen LogP contribution is 2.22. The third-order valence-corrected chi connectivity index (χ3v) is 4.24. The molecular formula is C15H22N2O4. The van der Waals surface area contributed by atoms with Crippen LogP contribution >= 0.6 is 0 Å². The molecule has 6 nitrogen and oxygen atoms in total. The van der Waals surface area contributed by atoms with Gasteiger partial charge in [-0.15, -0.1) is 0 Å². The van der Waals surface area contributed by atoms with Crippen LogP contribution in [-0.2, 0) is 9.47 Å². The Hall–Kier alpha value is -1.37. The van der Waals surface area contributed by atoms with E-state index in [1.807, 2.05) is 0 Å². The Balaban J connectivity index is 1.59. The molecule has 0 saturated carbocycles. The highest BCUT2D eigenvalue weighted by Gasteiger charge is 2.31. The van der Waals surface area contributed by atoms with Crippen LogP contribution in [0.5, 0.6) is 0 Å². The van der Waals surface area contributed by atoms with Crippen molar-refractivity contribution in [2.24, 2.45) is 5.92 Å². The number of carbonyl (C=O) groups excluding carboxylic acids is 1. The summed E-state index contributed by atoms with van der Waals surface area (Å²) < 4.78 is 16.1. The van der Waals surface area contributed by atoms with Crippen molar-refractivity contribution in [3.63, 3.8) is 0 Å². The molecular weight excluding hydrogens is 272 g/mol. The van der Waals surface area contributed by atoms with E-state index in [-0.39, 0.29) is 5.91 Å². The average Bonchev–Trinajstić information content (AvgIpc) is 3.22. The van der Waals surface area contributed by atoms with Gasteiger partial charge in [0.05, 0.1) is 26.1 Å². The van der Waals surface area contributed by atoms with Crippen molar-refractivity contribution >= 4 is 5.91 Å². The molecule has 1 amide bonds.